The second-order valence-corrected chi connectivity index (χ2v) is 5.10. The second-order valence-electron chi connectivity index (χ2n) is 5.10. The fraction of sp³-hybridized carbons (Fsp3) is 0.333. The third-order valence-corrected chi connectivity index (χ3v) is 3.49. The molecule has 0 aliphatic rings. The maximum Gasteiger partial charge on any atom is 0.144 e. The summed E-state index contributed by atoms with van der Waals surface area (Å²) in [6.45, 7) is 7.94. The number of nitrogen functional groups attached to an aromatic ring is 1. The van der Waals surface area contributed by atoms with Crippen molar-refractivity contribution in [3.8, 4) is 5.75 Å². The highest BCUT2D eigenvalue weighted by atomic mass is 16.5. The van der Waals surface area contributed by atoms with E-state index in [4.69, 9.17) is 10.5 Å². The largest absolute Gasteiger partial charge is 0.491 e. The normalized spacial score (nSPS) is 10.4. The molecular formula is C18H24N2O. The zero-order chi connectivity index (χ0) is 15.2. The van der Waals surface area contributed by atoms with Gasteiger partial charge in [0.25, 0.3) is 0 Å². The number of aryl methyl sites for hydroxylation is 1. The van der Waals surface area contributed by atoms with E-state index in [1.807, 2.05) is 18.2 Å². The van der Waals surface area contributed by atoms with Gasteiger partial charge in [-0.25, -0.2) is 0 Å². The van der Waals surface area contributed by atoms with Gasteiger partial charge in [0.15, 0.2) is 0 Å². The van der Waals surface area contributed by atoms with E-state index in [9.17, 15) is 0 Å². The SMILES string of the molecule is CCCOc1cc(N(CC)c2ccccc2C)ccc1N. The summed E-state index contributed by atoms with van der Waals surface area (Å²) in [6.07, 6.45) is 0.971. The Morgan fingerprint density at radius 1 is 1.10 bits per heavy atom. The molecule has 0 fully saturated rings. The van der Waals surface area contributed by atoms with Gasteiger partial charge in [0, 0.05) is 24.0 Å². The Morgan fingerprint density at radius 3 is 2.52 bits per heavy atom. The first-order chi connectivity index (χ1) is 10.2. The average Bonchev–Trinajstić information content (AvgIpc) is 2.50. The highest BCUT2D eigenvalue weighted by molar-refractivity contribution is 5.70. The number of rotatable bonds is 6. The molecule has 2 N–H and O–H groups in total. The molecule has 0 aliphatic heterocycles. The van der Waals surface area contributed by atoms with Crippen molar-refractivity contribution in [1.29, 1.82) is 0 Å². The predicted molar refractivity (Wildman–Crippen MR) is 90.5 cm³/mol. The summed E-state index contributed by atoms with van der Waals surface area (Å²) in [6, 6.07) is 14.4. The predicted octanol–water partition coefficient (Wildman–Crippen LogP) is 4.52. The molecule has 2 aromatic rings. The molecule has 0 atom stereocenters. The molecule has 0 radical (unpaired) electrons. The van der Waals surface area contributed by atoms with E-state index < -0.39 is 0 Å². The van der Waals surface area contributed by atoms with Gasteiger partial charge < -0.3 is 15.4 Å². The van der Waals surface area contributed by atoms with Crippen LogP contribution in [0.5, 0.6) is 5.75 Å². The van der Waals surface area contributed by atoms with E-state index in [1.165, 1.54) is 11.3 Å². The van der Waals surface area contributed by atoms with E-state index in [-0.39, 0.29) is 0 Å². The van der Waals surface area contributed by atoms with E-state index in [2.05, 4.69) is 49.9 Å². The maximum absolute atomic E-state index is 6.00. The molecule has 2 rings (SSSR count). The van der Waals surface area contributed by atoms with Gasteiger partial charge in [-0.05, 0) is 44.0 Å². The quantitative estimate of drug-likeness (QED) is 0.792. The molecular weight excluding hydrogens is 260 g/mol. The van der Waals surface area contributed by atoms with Gasteiger partial charge >= 0.3 is 0 Å². The lowest BCUT2D eigenvalue weighted by molar-refractivity contribution is 0.319. The number of nitrogens with two attached hydrogens (primary N) is 1. The molecule has 0 unspecified atom stereocenters. The minimum atomic E-state index is 0.685. The number of para-hydroxylation sites is 1. The standard InChI is InChI=1S/C18H24N2O/c1-4-12-21-18-13-15(10-11-16(18)19)20(5-2)17-9-7-6-8-14(17)3/h6-11,13H,4-5,12,19H2,1-3H3. The molecule has 21 heavy (non-hydrogen) atoms. The zero-order valence-corrected chi connectivity index (χ0v) is 13.1. The Hall–Kier alpha value is -2.16. The molecule has 0 amide bonds. The third kappa shape index (κ3) is 3.48. The number of hydrogen-bond donors (Lipinski definition) is 1. The van der Waals surface area contributed by atoms with E-state index in [0.717, 1.165) is 24.4 Å². The van der Waals surface area contributed by atoms with Crippen molar-refractivity contribution in [2.75, 3.05) is 23.8 Å². The third-order valence-electron chi connectivity index (χ3n) is 3.49. The Morgan fingerprint density at radius 2 is 1.86 bits per heavy atom. The summed E-state index contributed by atoms with van der Waals surface area (Å²) in [4.78, 5) is 2.27. The summed E-state index contributed by atoms with van der Waals surface area (Å²) < 4.78 is 5.74. The van der Waals surface area contributed by atoms with Crippen LogP contribution in [0.3, 0.4) is 0 Å². The number of nitrogens with zero attached hydrogens (tertiary/aromatic N) is 1. The zero-order valence-electron chi connectivity index (χ0n) is 13.1. The molecule has 0 heterocycles. The topological polar surface area (TPSA) is 38.5 Å². The molecule has 0 saturated carbocycles. The molecule has 0 aliphatic carbocycles. The molecule has 0 saturated heterocycles. The van der Waals surface area contributed by atoms with Crippen LogP contribution in [0.2, 0.25) is 0 Å². The van der Waals surface area contributed by atoms with Crippen LogP contribution in [0.25, 0.3) is 0 Å². The molecule has 3 heteroatoms. The van der Waals surface area contributed by atoms with Crippen LogP contribution >= 0.6 is 0 Å². The lowest BCUT2D eigenvalue weighted by Crippen LogP contribution is -2.17. The van der Waals surface area contributed by atoms with Crippen LogP contribution in [0.4, 0.5) is 17.1 Å². The smallest absolute Gasteiger partial charge is 0.144 e. The van der Waals surface area contributed by atoms with Crippen LogP contribution < -0.4 is 15.4 Å². The van der Waals surface area contributed by atoms with Gasteiger partial charge in [-0.1, -0.05) is 25.1 Å². The lowest BCUT2D eigenvalue weighted by atomic mass is 10.1. The molecule has 3 nitrogen and oxygen atoms in total. The van der Waals surface area contributed by atoms with Crippen molar-refractivity contribution in [3.63, 3.8) is 0 Å². The van der Waals surface area contributed by atoms with Crippen molar-refractivity contribution < 1.29 is 4.74 Å². The summed E-state index contributed by atoms with van der Waals surface area (Å²) in [7, 11) is 0. The Balaban J connectivity index is 2.36. The van der Waals surface area contributed by atoms with Gasteiger partial charge in [-0.2, -0.15) is 0 Å². The van der Waals surface area contributed by atoms with Gasteiger partial charge in [0.05, 0.1) is 12.3 Å². The summed E-state index contributed by atoms with van der Waals surface area (Å²) in [5.41, 5.74) is 10.3. The van der Waals surface area contributed by atoms with Crippen molar-refractivity contribution in [3.05, 3.63) is 48.0 Å². The van der Waals surface area contributed by atoms with E-state index in [1.54, 1.807) is 0 Å². The first-order valence-electron chi connectivity index (χ1n) is 7.52. The number of hydrogen-bond acceptors (Lipinski definition) is 3. The molecule has 0 spiro atoms. The molecule has 0 bridgehead atoms. The van der Waals surface area contributed by atoms with Crippen LogP contribution in [0, 0.1) is 6.92 Å². The Bertz CT molecular complexity index is 596. The van der Waals surface area contributed by atoms with Crippen LogP contribution in [-0.2, 0) is 0 Å². The lowest BCUT2D eigenvalue weighted by Gasteiger charge is -2.26. The van der Waals surface area contributed by atoms with Gasteiger partial charge in [-0.15, -0.1) is 0 Å². The monoisotopic (exact) mass is 284 g/mol. The van der Waals surface area contributed by atoms with Crippen molar-refractivity contribution >= 4 is 17.1 Å². The summed E-state index contributed by atoms with van der Waals surface area (Å²) in [5, 5.41) is 0. The highest BCUT2D eigenvalue weighted by Gasteiger charge is 2.11. The number of benzene rings is 2. The number of anilines is 3. The summed E-state index contributed by atoms with van der Waals surface area (Å²) in [5.74, 6) is 0.765. The molecule has 2 aromatic carbocycles. The fourth-order valence-corrected chi connectivity index (χ4v) is 2.39. The van der Waals surface area contributed by atoms with Gasteiger partial charge in [0.2, 0.25) is 0 Å². The van der Waals surface area contributed by atoms with Gasteiger partial charge in [-0.3, -0.25) is 0 Å². The second kappa shape index (κ2) is 7.02. The van der Waals surface area contributed by atoms with Crippen molar-refractivity contribution in [2.24, 2.45) is 0 Å². The minimum absolute atomic E-state index is 0.685. The molecule has 112 valence electrons. The van der Waals surface area contributed by atoms with Crippen molar-refractivity contribution in [1.82, 2.24) is 0 Å². The van der Waals surface area contributed by atoms with Crippen molar-refractivity contribution in [2.45, 2.75) is 27.2 Å². The Labute approximate surface area is 127 Å². The van der Waals surface area contributed by atoms with E-state index in [0.29, 0.717) is 12.3 Å². The van der Waals surface area contributed by atoms with Gasteiger partial charge in [0.1, 0.15) is 5.75 Å². The fourth-order valence-electron chi connectivity index (χ4n) is 2.39. The average molecular weight is 284 g/mol. The first kappa shape index (κ1) is 15.2. The summed E-state index contributed by atoms with van der Waals surface area (Å²) >= 11 is 0. The highest BCUT2D eigenvalue weighted by Crippen LogP contribution is 2.33. The van der Waals surface area contributed by atoms with Crippen LogP contribution in [0.15, 0.2) is 42.5 Å². The van der Waals surface area contributed by atoms with E-state index >= 15 is 0 Å². The van der Waals surface area contributed by atoms with Crippen LogP contribution in [0.1, 0.15) is 25.8 Å². The first-order valence-corrected chi connectivity index (χ1v) is 7.52. The Kier molecular flexibility index (Phi) is 5.09. The maximum atomic E-state index is 6.00. The molecule has 0 aromatic heterocycles. The number of ether oxygens (including phenoxy) is 1. The van der Waals surface area contributed by atoms with Crippen LogP contribution in [-0.4, -0.2) is 13.2 Å². The minimum Gasteiger partial charge on any atom is -0.491 e.